The Morgan fingerprint density at radius 2 is 1.41 bits per heavy atom. The standard InChI is InChI=1S/C35H42N3O9PS/c1-27(2)22-37(49(43,44)33-15-9-14-31(21-33)38(40)41)23-35(39)34(36)20-28-16-18-32(19-17-28)45-26-48(42,46-24-29-10-5-3-6-11-29)47-25-30-12-7-4-8-13-30/h3-19,21,27,34-35,39H,20,22-26,36H2,1-2H3/t34-,35+/m0/s1. The first-order valence-electron chi connectivity index (χ1n) is 15.7. The summed E-state index contributed by atoms with van der Waals surface area (Å²) in [4.78, 5) is 10.3. The highest BCUT2D eigenvalue weighted by atomic mass is 32.2. The minimum absolute atomic E-state index is 0.0782. The number of ether oxygens (including phenoxy) is 1. The van der Waals surface area contributed by atoms with Crippen LogP contribution in [0.4, 0.5) is 5.69 Å². The lowest BCUT2D eigenvalue weighted by molar-refractivity contribution is -0.385. The maximum atomic E-state index is 13.7. The van der Waals surface area contributed by atoms with Crippen molar-refractivity contribution in [3.05, 3.63) is 136 Å². The molecule has 2 atom stereocenters. The van der Waals surface area contributed by atoms with Gasteiger partial charge in [-0.05, 0) is 47.2 Å². The van der Waals surface area contributed by atoms with E-state index in [0.29, 0.717) is 5.75 Å². The van der Waals surface area contributed by atoms with Crippen LogP contribution in [0, 0.1) is 16.0 Å². The molecule has 0 saturated heterocycles. The quantitative estimate of drug-likeness (QED) is 0.0654. The van der Waals surface area contributed by atoms with Crippen molar-refractivity contribution < 1.29 is 36.8 Å². The number of sulfonamides is 1. The summed E-state index contributed by atoms with van der Waals surface area (Å²) >= 11 is 0. The molecule has 12 nitrogen and oxygen atoms in total. The second-order valence-electron chi connectivity index (χ2n) is 12.0. The van der Waals surface area contributed by atoms with E-state index in [0.717, 1.165) is 27.1 Å². The number of hydrogen-bond donors (Lipinski definition) is 2. The van der Waals surface area contributed by atoms with Gasteiger partial charge in [0.15, 0.2) is 6.35 Å². The average molecular weight is 712 g/mol. The molecule has 0 amide bonds. The van der Waals surface area contributed by atoms with Gasteiger partial charge in [0.05, 0.1) is 29.1 Å². The summed E-state index contributed by atoms with van der Waals surface area (Å²) < 4.78 is 59.1. The molecule has 49 heavy (non-hydrogen) atoms. The minimum Gasteiger partial charge on any atom is -0.481 e. The van der Waals surface area contributed by atoms with Gasteiger partial charge in [0, 0.05) is 31.3 Å². The van der Waals surface area contributed by atoms with Crippen LogP contribution >= 0.6 is 7.60 Å². The number of non-ortho nitro benzene ring substituents is 1. The van der Waals surface area contributed by atoms with Crippen molar-refractivity contribution in [2.24, 2.45) is 11.7 Å². The summed E-state index contributed by atoms with van der Waals surface area (Å²) in [5.74, 6) is 0.322. The van der Waals surface area contributed by atoms with Gasteiger partial charge < -0.3 is 24.6 Å². The van der Waals surface area contributed by atoms with Crippen molar-refractivity contribution in [1.29, 1.82) is 0 Å². The third kappa shape index (κ3) is 11.6. The van der Waals surface area contributed by atoms with Crippen LogP contribution in [-0.4, -0.2) is 54.3 Å². The topological polar surface area (TPSA) is 172 Å². The van der Waals surface area contributed by atoms with Gasteiger partial charge in [-0.15, -0.1) is 0 Å². The number of rotatable bonds is 19. The predicted octanol–water partition coefficient (Wildman–Crippen LogP) is 6.14. The van der Waals surface area contributed by atoms with Crippen molar-refractivity contribution in [2.75, 3.05) is 19.4 Å². The van der Waals surface area contributed by atoms with E-state index in [1.807, 2.05) is 74.5 Å². The fourth-order valence-corrected chi connectivity index (χ4v) is 7.70. The van der Waals surface area contributed by atoms with E-state index in [9.17, 15) is 28.2 Å². The highest BCUT2D eigenvalue weighted by Gasteiger charge is 2.31. The van der Waals surface area contributed by atoms with Crippen LogP contribution in [0.5, 0.6) is 5.75 Å². The first kappa shape index (κ1) is 37.9. The number of benzene rings is 4. The van der Waals surface area contributed by atoms with Gasteiger partial charge in [-0.2, -0.15) is 4.31 Å². The number of nitrogens with two attached hydrogens (primary N) is 1. The van der Waals surface area contributed by atoms with Gasteiger partial charge in [-0.1, -0.05) is 92.7 Å². The fraction of sp³-hybridized carbons (Fsp3) is 0.314. The summed E-state index contributed by atoms with van der Waals surface area (Å²) in [6.07, 6.45) is -1.35. The SMILES string of the molecule is CC(C)CN(C[C@@H](O)[C@@H](N)Cc1ccc(OCP(=O)(OCc2ccccc2)OCc2ccccc2)cc1)S(=O)(=O)c1cccc([N+](=O)[O-])c1. The van der Waals surface area contributed by atoms with Crippen LogP contribution < -0.4 is 10.5 Å². The molecule has 0 heterocycles. The maximum absolute atomic E-state index is 13.7. The summed E-state index contributed by atoms with van der Waals surface area (Å²) in [7, 11) is -7.86. The molecular formula is C35H42N3O9PS. The molecule has 4 rings (SSSR count). The number of nitro benzene ring substituents is 1. The van der Waals surface area contributed by atoms with Crippen molar-refractivity contribution in [3.8, 4) is 5.75 Å². The predicted molar refractivity (Wildman–Crippen MR) is 186 cm³/mol. The molecule has 262 valence electrons. The first-order chi connectivity index (χ1) is 23.3. The number of nitrogens with zero attached hydrogens (tertiary/aromatic N) is 2. The van der Waals surface area contributed by atoms with Crippen LogP contribution in [0.2, 0.25) is 0 Å². The molecule has 14 heteroatoms. The third-order valence-electron chi connectivity index (χ3n) is 7.45. The van der Waals surface area contributed by atoms with Crippen LogP contribution in [0.1, 0.15) is 30.5 Å². The molecule has 4 aromatic rings. The molecular weight excluding hydrogens is 669 g/mol. The Bertz CT molecular complexity index is 1750. The molecule has 0 aliphatic rings. The van der Waals surface area contributed by atoms with Crippen molar-refractivity contribution in [2.45, 2.75) is 50.5 Å². The highest BCUT2D eigenvalue weighted by Crippen LogP contribution is 2.49. The molecule has 0 fully saturated rings. The molecule has 3 N–H and O–H groups in total. The van der Waals surface area contributed by atoms with Gasteiger partial charge in [0.1, 0.15) is 5.75 Å². The largest absolute Gasteiger partial charge is 0.481 e. The van der Waals surface area contributed by atoms with E-state index < -0.39 is 34.7 Å². The zero-order valence-corrected chi connectivity index (χ0v) is 29.1. The van der Waals surface area contributed by atoms with E-state index in [4.69, 9.17) is 19.5 Å². The maximum Gasteiger partial charge on any atom is 0.368 e. The van der Waals surface area contributed by atoms with Crippen LogP contribution in [0.25, 0.3) is 0 Å². The Balaban J connectivity index is 1.38. The van der Waals surface area contributed by atoms with Crippen molar-refractivity contribution >= 4 is 23.3 Å². The van der Waals surface area contributed by atoms with Gasteiger partial charge in [-0.25, -0.2) is 8.42 Å². The van der Waals surface area contributed by atoms with E-state index in [-0.39, 0.29) is 55.6 Å². The van der Waals surface area contributed by atoms with E-state index in [1.54, 1.807) is 24.3 Å². The second kappa shape index (κ2) is 17.6. The molecule has 0 aliphatic heterocycles. The zero-order valence-electron chi connectivity index (χ0n) is 27.4. The molecule has 4 aromatic carbocycles. The number of hydrogen-bond acceptors (Lipinski definition) is 10. The van der Waals surface area contributed by atoms with Crippen LogP contribution in [0.3, 0.4) is 0 Å². The first-order valence-corrected chi connectivity index (χ1v) is 18.9. The summed E-state index contributed by atoms with van der Waals surface area (Å²) in [5, 5.41) is 22.2. The van der Waals surface area contributed by atoms with Gasteiger partial charge in [0.25, 0.3) is 5.69 Å². The summed E-state index contributed by atoms with van der Waals surface area (Å²) in [6, 6.07) is 29.5. The lowest BCUT2D eigenvalue weighted by Crippen LogP contribution is -2.47. The van der Waals surface area contributed by atoms with Crippen LogP contribution in [0.15, 0.2) is 114 Å². The van der Waals surface area contributed by atoms with Crippen molar-refractivity contribution in [1.82, 2.24) is 4.31 Å². The van der Waals surface area contributed by atoms with E-state index >= 15 is 0 Å². The average Bonchev–Trinajstić information content (AvgIpc) is 3.10. The van der Waals surface area contributed by atoms with Gasteiger partial charge in [0.2, 0.25) is 10.0 Å². The Hall–Kier alpha value is -3.94. The third-order valence-corrected chi connectivity index (χ3v) is 10.8. The lowest BCUT2D eigenvalue weighted by atomic mass is 10.0. The van der Waals surface area contributed by atoms with Crippen molar-refractivity contribution in [3.63, 3.8) is 0 Å². The normalized spacial score (nSPS) is 13.3. The number of nitro groups is 1. The molecule has 0 aliphatic carbocycles. The Kier molecular flexibility index (Phi) is 13.6. The minimum atomic E-state index is -4.16. The van der Waals surface area contributed by atoms with Crippen LogP contribution in [-0.2, 0) is 43.3 Å². The Morgan fingerprint density at radius 3 is 1.94 bits per heavy atom. The molecule has 0 saturated carbocycles. The molecule has 0 unspecified atom stereocenters. The van der Waals surface area contributed by atoms with Gasteiger partial charge in [-0.3, -0.25) is 14.7 Å². The van der Waals surface area contributed by atoms with E-state index in [2.05, 4.69) is 0 Å². The lowest BCUT2D eigenvalue weighted by Gasteiger charge is -2.28. The fourth-order valence-electron chi connectivity index (χ4n) is 4.82. The zero-order chi connectivity index (χ0) is 35.4. The molecule has 0 spiro atoms. The monoisotopic (exact) mass is 711 g/mol. The molecule has 0 bridgehead atoms. The molecule has 0 radical (unpaired) electrons. The Labute approximate surface area is 287 Å². The smallest absolute Gasteiger partial charge is 0.368 e. The number of aliphatic hydroxyl groups is 1. The summed E-state index contributed by atoms with van der Waals surface area (Å²) in [6.45, 7) is 3.60. The van der Waals surface area contributed by atoms with Gasteiger partial charge >= 0.3 is 7.60 Å². The summed E-state index contributed by atoms with van der Waals surface area (Å²) in [5.41, 5.74) is 8.40. The number of aliphatic hydroxyl groups excluding tert-OH is 1. The second-order valence-corrected chi connectivity index (χ2v) is 15.9. The Morgan fingerprint density at radius 1 is 0.837 bits per heavy atom. The van der Waals surface area contributed by atoms with E-state index in [1.165, 1.54) is 18.2 Å². The highest BCUT2D eigenvalue weighted by molar-refractivity contribution is 7.89. The molecule has 0 aromatic heterocycles.